The highest BCUT2D eigenvalue weighted by molar-refractivity contribution is 5.22. The SMILES string of the molecule is O[C@H](CN[C@H](C[C@@H]1CCOC1)c1ccccc1)c1cc(F)ccc1F. The molecule has 0 radical (unpaired) electrons. The van der Waals surface area contributed by atoms with E-state index in [-0.39, 0.29) is 18.2 Å². The molecule has 3 nitrogen and oxygen atoms in total. The van der Waals surface area contributed by atoms with Gasteiger partial charge < -0.3 is 15.2 Å². The third-order valence-corrected chi connectivity index (χ3v) is 4.67. The molecule has 0 saturated carbocycles. The Morgan fingerprint density at radius 2 is 1.96 bits per heavy atom. The Labute approximate surface area is 146 Å². The van der Waals surface area contributed by atoms with Gasteiger partial charge >= 0.3 is 0 Å². The minimum Gasteiger partial charge on any atom is -0.387 e. The van der Waals surface area contributed by atoms with Crippen molar-refractivity contribution < 1.29 is 18.6 Å². The second-order valence-electron chi connectivity index (χ2n) is 6.52. The molecule has 5 heteroatoms. The minimum absolute atomic E-state index is 0.0245. The van der Waals surface area contributed by atoms with Gasteiger partial charge in [-0.3, -0.25) is 0 Å². The topological polar surface area (TPSA) is 41.5 Å². The summed E-state index contributed by atoms with van der Waals surface area (Å²) in [5, 5.41) is 13.6. The summed E-state index contributed by atoms with van der Waals surface area (Å²) in [6.45, 7) is 1.67. The fraction of sp³-hybridized carbons (Fsp3) is 0.400. The number of nitrogens with one attached hydrogen (secondary N) is 1. The molecule has 0 aliphatic carbocycles. The number of halogens is 2. The third-order valence-electron chi connectivity index (χ3n) is 4.67. The normalized spacial score (nSPS) is 19.7. The molecular formula is C20H23F2NO2. The molecule has 1 saturated heterocycles. The number of aliphatic hydroxyl groups excluding tert-OH is 1. The summed E-state index contributed by atoms with van der Waals surface area (Å²) in [7, 11) is 0. The van der Waals surface area contributed by atoms with Crippen molar-refractivity contribution in [1.82, 2.24) is 5.32 Å². The molecule has 1 aliphatic heterocycles. The van der Waals surface area contributed by atoms with Gasteiger partial charge in [0, 0.05) is 31.4 Å². The van der Waals surface area contributed by atoms with E-state index < -0.39 is 17.7 Å². The van der Waals surface area contributed by atoms with E-state index in [1.165, 1.54) is 0 Å². The van der Waals surface area contributed by atoms with Crippen LogP contribution in [-0.4, -0.2) is 24.9 Å². The zero-order chi connectivity index (χ0) is 17.6. The summed E-state index contributed by atoms with van der Waals surface area (Å²) in [5.41, 5.74) is 1.09. The molecule has 2 aromatic carbocycles. The van der Waals surface area contributed by atoms with Gasteiger partial charge in [-0.2, -0.15) is 0 Å². The van der Waals surface area contributed by atoms with E-state index in [1.807, 2.05) is 30.3 Å². The molecule has 3 rings (SSSR count). The van der Waals surface area contributed by atoms with E-state index >= 15 is 0 Å². The maximum absolute atomic E-state index is 13.8. The van der Waals surface area contributed by atoms with Gasteiger partial charge in [-0.05, 0) is 42.5 Å². The molecule has 2 aromatic rings. The molecule has 1 fully saturated rings. The number of aliphatic hydroxyl groups is 1. The average molecular weight is 347 g/mol. The van der Waals surface area contributed by atoms with Gasteiger partial charge in [0.25, 0.3) is 0 Å². The van der Waals surface area contributed by atoms with Crippen molar-refractivity contribution in [2.24, 2.45) is 5.92 Å². The first-order chi connectivity index (χ1) is 12.1. The van der Waals surface area contributed by atoms with E-state index in [2.05, 4.69) is 5.32 Å². The lowest BCUT2D eigenvalue weighted by molar-refractivity contribution is 0.159. The predicted molar refractivity (Wildman–Crippen MR) is 92.0 cm³/mol. The fourth-order valence-electron chi connectivity index (χ4n) is 3.26. The lowest BCUT2D eigenvalue weighted by atomic mass is 9.94. The molecule has 0 aromatic heterocycles. The molecule has 0 spiro atoms. The van der Waals surface area contributed by atoms with E-state index in [4.69, 9.17) is 4.74 Å². The van der Waals surface area contributed by atoms with Crippen LogP contribution in [0.1, 0.15) is 36.1 Å². The predicted octanol–water partition coefficient (Wildman–Crippen LogP) is 3.76. The molecule has 1 heterocycles. The van der Waals surface area contributed by atoms with Crippen molar-refractivity contribution in [3.8, 4) is 0 Å². The summed E-state index contributed by atoms with van der Waals surface area (Å²) in [6.07, 6.45) is 0.788. The maximum atomic E-state index is 13.8. The van der Waals surface area contributed by atoms with Gasteiger partial charge in [-0.1, -0.05) is 30.3 Å². The Morgan fingerprint density at radius 1 is 1.16 bits per heavy atom. The molecule has 25 heavy (non-hydrogen) atoms. The molecule has 1 aliphatic rings. The van der Waals surface area contributed by atoms with Crippen molar-refractivity contribution in [1.29, 1.82) is 0 Å². The van der Waals surface area contributed by atoms with Crippen LogP contribution in [0, 0.1) is 17.6 Å². The number of hydrogen-bond donors (Lipinski definition) is 2. The maximum Gasteiger partial charge on any atom is 0.129 e. The van der Waals surface area contributed by atoms with Gasteiger partial charge in [0.15, 0.2) is 0 Å². The van der Waals surface area contributed by atoms with E-state index in [1.54, 1.807) is 0 Å². The minimum atomic E-state index is -1.11. The Bertz CT molecular complexity index is 675. The quantitative estimate of drug-likeness (QED) is 0.801. The van der Waals surface area contributed by atoms with Crippen molar-refractivity contribution in [3.05, 3.63) is 71.3 Å². The van der Waals surface area contributed by atoms with Crippen molar-refractivity contribution >= 4 is 0 Å². The Kier molecular flexibility index (Phi) is 6.13. The summed E-state index contributed by atoms with van der Waals surface area (Å²) in [6, 6.07) is 13.1. The van der Waals surface area contributed by atoms with E-state index in [0.717, 1.165) is 49.8 Å². The fourth-order valence-corrected chi connectivity index (χ4v) is 3.26. The zero-order valence-corrected chi connectivity index (χ0v) is 14.0. The van der Waals surface area contributed by atoms with Gasteiger partial charge in [0.2, 0.25) is 0 Å². The molecule has 134 valence electrons. The summed E-state index contributed by atoms with van der Waals surface area (Å²) in [5.74, 6) is -0.699. The van der Waals surface area contributed by atoms with Crippen LogP contribution in [0.4, 0.5) is 8.78 Å². The van der Waals surface area contributed by atoms with Crippen LogP contribution in [0.25, 0.3) is 0 Å². The van der Waals surface area contributed by atoms with Gasteiger partial charge in [0.05, 0.1) is 6.10 Å². The molecule has 0 unspecified atom stereocenters. The Balaban J connectivity index is 1.68. The van der Waals surface area contributed by atoms with E-state index in [0.29, 0.717) is 5.92 Å². The van der Waals surface area contributed by atoms with Crippen molar-refractivity contribution in [2.75, 3.05) is 19.8 Å². The van der Waals surface area contributed by atoms with Gasteiger partial charge in [-0.15, -0.1) is 0 Å². The third kappa shape index (κ3) is 4.84. The zero-order valence-electron chi connectivity index (χ0n) is 14.0. The first-order valence-corrected chi connectivity index (χ1v) is 8.62. The highest BCUT2D eigenvalue weighted by atomic mass is 19.1. The number of ether oxygens (including phenoxy) is 1. The largest absolute Gasteiger partial charge is 0.387 e. The molecule has 3 atom stereocenters. The van der Waals surface area contributed by atoms with Crippen LogP contribution >= 0.6 is 0 Å². The molecular weight excluding hydrogens is 324 g/mol. The number of hydrogen-bond acceptors (Lipinski definition) is 3. The second-order valence-corrected chi connectivity index (χ2v) is 6.52. The first-order valence-electron chi connectivity index (χ1n) is 8.62. The lowest BCUT2D eigenvalue weighted by Gasteiger charge is -2.24. The van der Waals surface area contributed by atoms with Crippen LogP contribution in [0.3, 0.4) is 0 Å². The Morgan fingerprint density at radius 3 is 2.68 bits per heavy atom. The highest BCUT2D eigenvalue weighted by Crippen LogP contribution is 2.27. The van der Waals surface area contributed by atoms with Crippen molar-refractivity contribution in [2.45, 2.75) is 25.0 Å². The Hall–Kier alpha value is -1.82. The molecule has 2 N–H and O–H groups in total. The van der Waals surface area contributed by atoms with Crippen molar-refractivity contribution in [3.63, 3.8) is 0 Å². The second kappa shape index (κ2) is 8.52. The summed E-state index contributed by atoms with van der Waals surface area (Å²) in [4.78, 5) is 0. The van der Waals surface area contributed by atoms with E-state index in [9.17, 15) is 13.9 Å². The highest BCUT2D eigenvalue weighted by Gasteiger charge is 2.23. The van der Waals surface area contributed by atoms with Crippen LogP contribution in [0.2, 0.25) is 0 Å². The number of benzene rings is 2. The van der Waals surface area contributed by atoms with Gasteiger partial charge in [0.1, 0.15) is 11.6 Å². The average Bonchev–Trinajstić information content (AvgIpc) is 3.14. The van der Waals surface area contributed by atoms with Crippen LogP contribution in [0.15, 0.2) is 48.5 Å². The molecule has 0 amide bonds. The summed E-state index contributed by atoms with van der Waals surface area (Å²) >= 11 is 0. The first kappa shape index (κ1) is 18.0. The monoisotopic (exact) mass is 347 g/mol. The lowest BCUT2D eigenvalue weighted by Crippen LogP contribution is -2.28. The van der Waals surface area contributed by atoms with Gasteiger partial charge in [-0.25, -0.2) is 8.78 Å². The van der Waals surface area contributed by atoms with Crippen LogP contribution < -0.4 is 5.32 Å². The number of rotatable bonds is 7. The van der Waals surface area contributed by atoms with Crippen LogP contribution in [-0.2, 0) is 4.74 Å². The smallest absolute Gasteiger partial charge is 0.129 e. The molecule has 0 bridgehead atoms. The summed E-state index contributed by atoms with van der Waals surface area (Å²) < 4.78 is 32.6. The van der Waals surface area contributed by atoms with Crippen LogP contribution in [0.5, 0.6) is 0 Å². The standard InChI is InChI=1S/C20H23F2NO2/c21-16-6-7-18(22)17(11-16)20(24)12-23-19(10-14-8-9-25-13-14)15-4-2-1-3-5-15/h1-7,11,14,19-20,23-24H,8-10,12-13H2/t14-,19+,20+/m0/s1.